The van der Waals surface area contributed by atoms with Crippen molar-refractivity contribution in [1.29, 1.82) is 0 Å². The highest BCUT2D eigenvalue weighted by Crippen LogP contribution is 2.25. The first-order valence-corrected chi connectivity index (χ1v) is 4.50. The van der Waals surface area contributed by atoms with E-state index in [4.69, 9.17) is 10.8 Å². The molecule has 0 saturated heterocycles. The third kappa shape index (κ3) is 4.03. The molecular formula is C10H15ClFNO2. The SMILES string of the molecule is Cl.N[C@H](CCCO)c1cc(F)ccc1O. The standard InChI is InChI=1S/C10H14FNO2.ClH/c11-7-3-4-10(14)8(6-7)9(12)2-1-5-13;/h3-4,6,9,13-14H,1-2,5,12H2;1H/t9-;/m1./s1. The van der Waals surface area contributed by atoms with E-state index in [9.17, 15) is 9.50 Å². The molecule has 0 amide bonds. The van der Waals surface area contributed by atoms with Gasteiger partial charge >= 0.3 is 0 Å². The maximum Gasteiger partial charge on any atom is 0.123 e. The van der Waals surface area contributed by atoms with Crippen molar-refractivity contribution >= 4 is 12.4 Å². The summed E-state index contributed by atoms with van der Waals surface area (Å²) < 4.78 is 12.8. The van der Waals surface area contributed by atoms with Gasteiger partial charge in [-0.05, 0) is 31.0 Å². The van der Waals surface area contributed by atoms with Gasteiger partial charge < -0.3 is 15.9 Å². The third-order valence-corrected chi connectivity index (χ3v) is 2.06. The molecule has 4 N–H and O–H groups in total. The molecule has 0 fully saturated rings. The number of aromatic hydroxyl groups is 1. The highest BCUT2D eigenvalue weighted by Gasteiger charge is 2.11. The molecule has 1 aromatic carbocycles. The second kappa shape index (κ2) is 6.61. The lowest BCUT2D eigenvalue weighted by atomic mass is 10.0. The molecule has 0 bridgehead atoms. The minimum absolute atomic E-state index is 0. The van der Waals surface area contributed by atoms with Crippen LogP contribution < -0.4 is 5.73 Å². The van der Waals surface area contributed by atoms with E-state index in [1.165, 1.54) is 18.2 Å². The molecule has 86 valence electrons. The van der Waals surface area contributed by atoms with Gasteiger partial charge in [0.1, 0.15) is 11.6 Å². The Morgan fingerprint density at radius 2 is 2.07 bits per heavy atom. The number of phenolic OH excluding ortho intramolecular Hbond substituents is 1. The van der Waals surface area contributed by atoms with Crippen molar-refractivity contribution in [1.82, 2.24) is 0 Å². The molecule has 1 atom stereocenters. The Kier molecular flexibility index (Phi) is 6.24. The van der Waals surface area contributed by atoms with E-state index in [1.807, 2.05) is 0 Å². The largest absolute Gasteiger partial charge is 0.508 e. The van der Waals surface area contributed by atoms with E-state index < -0.39 is 11.9 Å². The summed E-state index contributed by atoms with van der Waals surface area (Å²) in [4.78, 5) is 0. The number of phenols is 1. The van der Waals surface area contributed by atoms with Gasteiger partial charge in [0.2, 0.25) is 0 Å². The van der Waals surface area contributed by atoms with E-state index in [2.05, 4.69) is 0 Å². The number of nitrogens with two attached hydrogens (primary N) is 1. The maximum absolute atomic E-state index is 12.8. The van der Waals surface area contributed by atoms with Gasteiger partial charge in [-0.25, -0.2) is 4.39 Å². The molecule has 0 aliphatic heterocycles. The summed E-state index contributed by atoms with van der Waals surface area (Å²) in [5, 5.41) is 18.0. The van der Waals surface area contributed by atoms with Crippen molar-refractivity contribution in [3.05, 3.63) is 29.6 Å². The van der Waals surface area contributed by atoms with Crippen LogP contribution in [0.25, 0.3) is 0 Å². The molecule has 0 aliphatic carbocycles. The molecule has 0 aromatic heterocycles. The summed E-state index contributed by atoms with van der Waals surface area (Å²) in [6.45, 7) is 0.0454. The molecule has 1 rings (SSSR count). The Balaban J connectivity index is 0.00000196. The predicted molar refractivity (Wildman–Crippen MR) is 58.6 cm³/mol. The van der Waals surface area contributed by atoms with Crippen LogP contribution in [0.3, 0.4) is 0 Å². The summed E-state index contributed by atoms with van der Waals surface area (Å²) in [5.74, 6) is -0.422. The molecule has 5 heteroatoms. The molecule has 1 aromatic rings. The van der Waals surface area contributed by atoms with Gasteiger partial charge in [0.25, 0.3) is 0 Å². The smallest absolute Gasteiger partial charge is 0.123 e. The average molecular weight is 236 g/mol. The molecule has 15 heavy (non-hydrogen) atoms. The Morgan fingerprint density at radius 3 is 2.67 bits per heavy atom. The van der Waals surface area contributed by atoms with Gasteiger partial charge in [-0.2, -0.15) is 0 Å². The van der Waals surface area contributed by atoms with Crippen LogP contribution in [0.5, 0.6) is 5.75 Å². The van der Waals surface area contributed by atoms with Crippen molar-refractivity contribution in [2.75, 3.05) is 6.61 Å². The zero-order valence-corrected chi connectivity index (χ0v) is 9.01. The van der Waals surface area contributed by atoms with Crippen LogP contribution in [0, 0.1) is 5.82 Å². The van der Waals surface area contributed by atoms with Gasteiger partial charge in [-0.1, -0.05) is 0 Å². The Labute approximate surface area is 94.1 Å². The molecule has 0 unspecified atom stereocenters. The molecule has 3 nitrogen and oxygen atoms in total. The van der Waals surface area contributed by atoms with E-state index in [-0.39, 0.29) is 24.8 Å². The molecule has 0 aliphatic rings. The summed E-state index contributed by atoms with van der Waals surface area (Å²) in [5.41, 5.74) is 6.10. The zero-order valence-electron chi connectivity index (χ0n) is 8.19. The van der Waals surface area contributed by atoms with E-state index in [1.54, 1.807) is 0 Å². The normalized spacial score (nSPS) is 11.9. The van der Waals surface area contributed by atoms with Crippen LogP contribution in [-0.4, -0.2) is 16.8 Å². The van der Waals surface area contributed by atoms with Gasteiger partial charge in [-0.15, -0.1) is 12.4 Å². The van der Waals surface area contributed by atoms with Crippen LogP contribution in [0.1, 0.15) is 24.4 Å². The molecule has 0 saturated carbocycles. The molecular weight excluding hydrogens is 221 g/mol. The highest BCUT2D eigenvalue weighted by atomic mass is 35.5. The summed E-state index contributed by atoms with van der Waals surface area (Å²) in [6, 6.07) is 3.25. The Hall–Kier alpha value is -0.840. The van der Waals surface area contributed by atoms with E-state index in [0.717, 1.165) is 0 Å². The molecule has 0 spiro atoms. The predicted octanol–water partition coefficient (Wildman–Crippen LogP) is 1.73. The fourth-order valence-electron chi connectivity index (χ4n) is 1.29. The van der Waals surface area contributed by atoms with Crippen LogP contribution in [0.2, 0.25) is 0 Å². The Bertz CT molecular complexity index is 309. The lowest BCUT2D eigenvalue weighted by molar-refractivity contribution is 0.279. The van der Waals surface area contributed by atoms with Crippen LogP contribution in [0.15, 0.2) is 18.2 Å². The number of aliphatic hydroxyl groups is 1. The number of halogens is 2. The van der Waals surface area contributed by atoms with Gasteiger partial charge in [0.05, 0.1) is 0 Å². The fraction of sp³-hybridized carbons (Fsp3) is 0.400. The third-order valence-electron chi connectivity index (χ3n) is 2.06. The topological polar surface area (TPSA) is 66.5 Å². The van der Waals surface area contributed by atoms with E-state index >= 15 is 0 Å². The van der Waals surface area contributed by atoms with Crippen molar-refractivity contribution in [3.63, 3.8) is 0 Å². The van der Waals surface area contributed by atoms with Gasteiger partial charge in [-0.3, -0.25) is 0 Å². The first-order valence-electron chi connectivity index (χ1n) is 4.50. The van der Waals surface area contributed by atoms with Crippen LogP contribution in [0.4, 0.5) is 4.39 Å². The summed E-state index contributed by atoms with van der Waals surface area (Å²) in [6.07, 6.45) is 1.06. The maximum atomic E-state index is 12.8. The number of benzene rings is 1. The van der Waals surface area contributed by atoms with Crippen molar-refractivity contribution in [3.8, 4) is 5.75 Å². The first-order chi connectivity index (χ1) is 6.65. The summed E-state index contributed by atoms with van der Waals surface area (Å²) in [7, 11) is 0. The number of hydrogen-bond acceptors (Lipinski definition) is 3. The van der Waals surface area contributed by atoms with E-state index in [0.29, 0.717) is 18.4 Å². The fourth-order valence-corrected chi connectivity index (χ4v) is 1.29. The number of hydrogen-bond donors (Lipinski definition) is 3. The quantitative estimate of drug-likeness (QED) is 0.745. The first kappa shape index (κ1) is 14.2. The van der Waals surface area contributed by atoms with Gasteiger partial charge in [0.15, 0.2) is 0 Å². The zero-order chi connectivity index (χ0) is 10.6. The van der Waals surface area contributed by atoms with Crippen LogP contribution in [-0.2, 0) is 0 Å². The second-order valence-corrected chi connectivity index (χ2v) is 3.18. The number of rotatable bonds is 4. The van der Waals surface area contributed by atoms with Gasteiger partial charge in [0, 0.05) is 18.2 Å². The minimum atomic E-state index is -0.433. The van der Waals surface area contributed by atoms with Crippen molar-refractivity contribution < 1.29 is 14.6 Å². The van der Waals surface area contributed by atoms with Crippen molar-refractivity contribution in [2.45, 2.75) is 18.9 Å². The molecule has 0 heterocycles. The van der Waals surface area contributed by atoms with Crippen molar-refractivity contribution in [2.24, 2.45) is 5.73 Å². The molecule has 0 radical (unpaired) electrons. The summed E-state index contributed by atoms with van der Waals surface area (Å²) >= 11 is 0. The minimum Gasteiger partial charge on any atom is -0.508 e. The lowest BCUT2D eigenvalue weighted by Crippen LogP contribution is -2.11. The monoisotopic (exact) mass is 235 g/mol. The average Bonchev–Trinajstić information content (AvgIpc) is 2.18. The number of aliphatic hydroxyl groups excluding tert-OH is 1. The second-order valence-electron chi connectivity index (χ2n) is 3.18. The lowest BCUT2D eigenvalue weighted by Gasteiger charge is -2.12. The highest BCUT2D eigenvalue weighted by molar-refractivity contribution is 5.85. The Morgan fingerprint density at radius 1 is 1.40 bits per heavy atom. The van der Waals surface area contributed by atoms with Crippen LogP contribution >= 0.6 is 12.4 Å².